The van der Waals surface area contributed by atoms with Crippen molar-refractivity contribution >= 4 is 21.6 Å². The van der Waals surface area contributed by atoms with Crippen LogP contribution in [0.15, 0.2) is 34.8 Å². The van der Waals surface area contributed by atoms with E-state index in [1.54, 1.807) is 0 Å². The SMILES string of the molecule is O=[N+]([O-])c1cc(Br)cc(Oc2c(F)cc(CO)cc2F)c1. The van der Waals surface area contributed by atoms with Crippen molar-refractivity contribution in [1.29, 1.82) is 0 Å². The average Bonchev–Trinajstić information content (AvgIpc) is 2.42. The molecule has 2 aromatic rings. The van der Waals surface area contributed by atoms with Crippen LogP contribution in [-0.4, -0.2) is 10.0 Å². The Morgan fingerprint density at radius 3 is 2.33 bits per heavy atom. The van der Waals surface area contributed by atoms with Crippen LogP contribution in [-0.2, 0) is 6.61 Å². The van der Waals surface area contributed by atoms with Gasteiger partial charge in [0.05, 0.1) is 17.6 Å². The molecule has 1 N–H and O–H groups in total. The first-order valence-electron chi connectivity index (χ1n) is 5.62. The van der Waals surface area contributed by atoms with E-state index in [4.69, 9.17) is 9.84 Å². The molecule has 0 aliphatic heterocycles. The first kappa shape index (κ1) is 15.3. The summed E-state index contributed by atoms with van der Waals surface area (Å²) in [7, 11) is 0. The minimum absolute atomic E-state index is 0.0533. The van der Waals surface area contributed by atoms with E-state index in [1.807, 2.05) is 0 Å². The molecular weight excluding hydrogens is 352 g/mol. The van der Waals surface area contributed by atoms with Gasteiger partial charge in [-0.3, -0.25) is 10.1 Å². The lowest BCUT2D eigenvalue weighted by Gasteiger charge is -2.09. The van der Waals surface area contributed by atoms with E-state index in [-0.39, 0.29) is 17.0 Å². The minimum Gasteiger partial charge on any atom is -0.451 e. The fourth-order valence-corrected chi connectivity index (χ4v) is 2.09. The predicted octanol–water partition coefficient (Wildman–Crippen LogP) is 3.92. The van der Waals surface area contributed by atoms with Gasteiger partial charge in [0, 0.05) is 10.5 Å². The van der Waals surface area contributed by atoms with Crippen molar-refractivity contribution in [3.63, 3.8) is 0 Å². The predicted molar refractivity (Wildman–Crippen MR) is 73.2 cm³/mol. The maximum absolute atomic E-state index is 13.7. The molecule has 0 amide bonds. The van der Waals surface area contributed by atoms with Gasteiger partial charge in [-0.1, -0.05) is 15.9 Å². The van der Waals surface area contributed by atoms with Gasteiger partial charge in [0.1, 0.15) is 5.75 Å². The Morgan fingerprint density at radius 1 is 1.19 bits per heavy atom. The van der Waals surface area contributed by atoms with Crippen LogP contribution in [0.25, 0.3) is 0 Å². The molecule has 0 heterocycles. The molecule has 0 fully saturated rings. The smallest absolute Gasteiger partial charge is 0.274 e. The summed E-state index contributed by atoms with van der Waals surface area (Å²) in [5.74, 6) is -2.81. The molecule has 0 aliphatic rings. The number of halogens is 3. The van der Waals surface area contributed by atoms with Gasteiger partial charge in [-0.2, -0.15) is 0 Å². The molecule has 0 saturated carbocycles. The van der Waals surface area contributed by atoms with Gasteiger partial charge in [-0.15, -0.1) is 0 Å². The van der Waals surface area contributed by atoms with E-state index >= 15 is 0 Å². The van der Waals surface area contributed by atoms with Gasteiger partial charge in [-0.05, 0) is 23.8 Å². The summed E-state index contributed by atoms with van der Waals surface area (Å²) in [6.45, 7) is -0.517. The zero-order valence-electron chi connectivity index (χ0n) is 10.3. The van der Waals surface area contributed by atoms with E-state index in [0.29, 0.717) is 4.47 Å². The third-order valence-corrected chi connectivity index (χ3v) is 2.99. The van der Waals surface area contributed by atoms with Crippen molar-refractivity contribution in [2.45, 2.75) is 6.61 Å². The quantitative estimate of drug-likeness (QED) is 0.663. The Labute approximate surface area is 126 Å². The lowest BCUT2D eigenvalue weighted by Crippen LogP contribution is -1.97. The van der Waals surface area contributed by atoms with E-state index in [9.17, 15) is 18.9 Å². The number of nitro groups is 1. The zero-order chi connectivity index (χ0) is 15.6. The molecular formula is C13H8BrF2NO4. The second kappa shape index (κ2) is 6.15. The number of hydrogen-bond donors (Lipinski definition) is 1. The molecule has 0 bridgehead atoms. The highest BCUT2D eigenvalue weighted by atomic mass is 79.9. The Bertz CT molecular complexity index is 686. The fourth-order valence-electron chi connectivity index (χ4n) is 1.63. The van der Waals surface area contributed by atoms with Gasteiger partial charge in [0.25, 0.3) is 5.69 Å². The molecule has 0 aliphatic carbocycles. The number of nitro benzene ring substituents is 1. The van der Waals surface area contributed by atoms with Crippen molar-refractivity contribution in [3.8, 4) is 11.5 Å². The first-order valence-corrected chi connectivity index (χ1v) is 6.41. The topological polar surface area (TPSA) is 72.6 Å². The van der Waals surface area contributed by atoms with Crippen LogP contribution in [0, 0.1) is 21.7 Å². The summed E-state index contributed by atoms with van der Waals surface area (Å²) in [4.78, 5) is 10.1. The first-order chi connectivity index (χ1) is 9.90. The standard InChI is InChI=1S/C13H8BrF2NO4/c14-8-3-9(17(19)20)5-10(4-8)21-13-11(15)1-7(6-18)2-12(13)16/h1-5,18H,6H2. The monoisotopic (exact) mass is 359 g/mol. The molecule has 0 saturated heterocycles. The Hall–Kier alpha value is -2.06. The van der Waals surface area contributed by atoms with E-state index in [1.165, 1.54) is 12.1 Å². The summed E-state index contributed by atoms with van der Waals surface area (Å²) in [5.41, 5.74) is -0.232. The van der Waals surface area contributed by atoms with Gasteiger partial charge >= 0.3 is 0 Å². The highest BCUT2D eigenvalue weighted by molar-refractivity contribution is 9.10. The van der Waals surface area contributed by atoms with Crippen molar-refractivity contribution in [1.82, 2.24) is 0 Å². The second-order valence-electron chi connectivity index (χ2n) is 4.05. The number of nitrogens with zero attached hydrogens (tertiary/aromatic N) is 1. The normalized spacial score (nSPS) is 10.5. The maximum Gasteiger partial charge on any atom is 0.274 e. The Balaban J connectivity index is 2.41. The van der Waals surface area contributed by atoms with Crippen LogP contribution in [0.5, 0.6) is 11.5 Å². The van der Waals surface area contributed by atoms with Gasteiger partial charge in [0.2, 0.25) is 0 Å². The zero-order valence-corrected chi connectivity index (χ0v) is 11.9. The largest absolute Gasteiger partial charge is 0.451 e. The van der Waals surface area contributed by atoms with Crippen LogP contribution in [0.1, 0.15) is 5.56 Å². The van der Waals surface area contributed by atoms with Crippen molar-refractivity contribution in [2.75, 3.05) is 0 Å². The van der Waals surface area contributed by atoms with Crippen molar-refractivity contribution in [2.24, 2.45) is 0 Å². The van der Waals surface area contributed by atoms with Crippen molar-refractivity contribution in [3.05, 3.63) is 62.1 Å². The van der Waals surface area contributed by atoms with Crippen LogP contribution in [0.2, 0.25) is 0 Å². The van der Waals surface area contributed by atoms with Gasteiger partial charge < -0.3 is 9.84 Å². The molecule has 2 rings (SSSR count). The summed E-state index contributed by atoms with van der Waals surface area (Å²) >= 11 is 3.05. The molecule has 21 heavy (non-hydrogen) atoms. The van der Waals surface area contributed by atoms with Gasteiger partial charge in [0.15, 0.2) is 17.4 Å². The molecule has 0 spiro atoms. The third kappa shape index (κ3) is 3.53. The molecule has 0 atom stereocenters. The average molecular weight is 360 g/mol. The number of hydrogen-bond acceptors (Lipinski definition) is 4. The molecule has 0 unspecified atom stereocenters. The Morgan fingerprint density at radius 2 is 1.81 bits per heavy atom. The number of aliphatic hydroxyl groups is 1. The van der Waals surface area contributed by atoms with Gasteiger partial charge in [-0.25, -0.2) is 8.78 Å². The highest BCUT2D eigenvalue weighted by Gasteiger charge is 2.16. The van der Waals surface area contributed by atoms with E-state index < -0.39 is 28.9 Å². The molecule has 2 aromatic carbocycles. The van der Waals surface area contributed by atoms with Crippen LogP contribution < -0.4 is 4.74 Å². The lowest BCUT2D eigenvalue weighted by molar-refractivity contribution is -0.385. The van der Waals surface area contributed by atoms with E-state index in [2.05, 4.69) is 15.9 Å². The molecule has 110 valence electrons. The highest BCUT2D eigenvalue weighted by Crippen LogP contribution is 2.32. The fraction of sp³-hybridized carbons (Fsp3) is 0.0769. The maximum atomic E-state index is 13.7. The second-order valence-corrected chi connectivity index (χ2v) is 4.97. The van der Waals surface area contributed by atoms with Crippen LogP contribution in [0.3, 0.4) is 0 Å². The van der Waals surface area contributed by atoms with Crippen molar-refractivity contribution < 1.29 is 23.5 Å². The molecule has 0 aromatic heterocycles. The van der Waals surface area contributed by atoms with Crippen LogP contribution in [0.4, 0.5) is 14.5 Å². The molecule has 8 heteroatoms. The minimum atomic E-state index is -1.01. The summed E-state index contributed by atoms with van der Waals surface area (Å²) in [6.07, 6.45) is 0. The molecule has 0 radical (unpaired) electrons. The number of non-ortho nitro benzene ring substituents is 1. The van der Waals surface area contributed by atoms with E-state index in [0.717, 1.165) is 18.2 Å². The summed E-state index contributed by atoms with van der Waals surface area (Å²) in [6, 6.07) is 5.46. The van der Waals surface area contributed by atoms with Crippen LogP contribution >= 0.6 is 15.9 Å². The number of ether oxygens (including phenoxy) is 1. The Kier molecular flexibility index (Phi) is 4.49. The third-order valence-electron chi connectivity index (χ3n) is 2.53. The lowest BCUT2D eigenvalue weighted by atomic mass is 10.2. The number of aliphatic hydroxyl groups excluding tert-OH is 1. The molecule has 5 nitrogen and oxygen atoms in total. The summed E-state index contributed by atoms with van der Waals surface area (Å²) in [5, 5.41) is 19.6. The number of rotatable bonds is 4. The number of benzene rings is 2. The summed E-state index contributed by atoms with van der Waals surface area (Å²) < 4.78 is 32.8.